The van der Waals surface area contributed by atoms with Gasteiger partial charge in [0.05, 0.1) is 13.2 Å². The molecule has 3 heterocycles. The number of aliphatic hydroxyl groups excluding tert-OH is 7. The number of hydrogen-bond acceptors (Lipinski definition) is 17. The smallest absolute Gasteiger partial charge is 0.229 e. The highest BCUT2D eigenvalue weighted by molar-refractivity contribution is 5.91. The molecule has 11 N–H and O–H groups in total. The standard InChI is InChI=1S/C27H30O17/c28-6-15-18(34)21(37)23(39)26(42-15)44-25-22(38)19(35)16(7-29)43-27(25)41-14-5-12(33)17-11(32)4-13(40-24(17)20(14)36)8-1-2-9(30)10(31)3-8/h1-5,15-16,18-19,21-23,25-31,33-39H,6-7H2/t15-,16-,18-,19-,21+,22+,23+,25-,26+,27-/m1/s1. The molecule has 0 amide bonds. The van der Waals surface area contributed by atoms with Crippen molar-refractivity contribution in [3.8, 4) is 40.1 Å². The molecule has 17 nitrogen and oxygen atoms in total. The Labute approximate surface area is 246 Å². The van der Waals surface area contributed by atoms with E-state index in [1.54, 1.807) is 0 Å². The number of aromatic hydroxyl groups is 4. The molecular weight excluding hydrogens is 596 g/mol. The molecule has 2 aliphatic rings. The Hall–Kier alpha value is -3.75. The molecule has 44 heavy (non-hydrogen) atoms. The fourth-order valence-corrected chi connectivity index (χ4v) is 4.94. The average molecular weight is 627 g/mol. The number of phenolic OH excluding ortho intramolecular Hbond substituents is 4. The van der Waals surface area contributed by atoms with Crippen molar-refractivity contribution in [2.24, 2.45) is 0 Å². The van der Waals surface area contributed by atoms with Crippen LogP contribution >= 0.6 is 0 Å². The van der Waals surface area contributed by atoms with Gasteiger partial charge in [0.2, 0.25) is 12.0 Å². The minimum atomic E-state index is -1.93. The first-order valence-corrected chi connectivity index (χ1v) is 13.2. The molecule has 1 aromatic heterocycles. The molecule has 2 saturated heterocycles. The Morgan fingerprint density at radius 3 is 1.98 bits per heavy atom. The normalized spacial score (nSPS) is 32.5. The van der Waals surface area contributed by atoms with Crippen LogP contribution in [0, 0.1) is 0 Å². The fourth-order valence-electron chi connectivity index (χ4n) is 4.94. The Kier molecular flexibility index (Phi) is 8.87. The summed E-state index contributed by atoms with van der Waals surface area (Å²) in [5.41, 5.74) is -1.29. The van der Waals surface area contributed by atoms with Gasteiger partial charge in [0, 0.05) is 17.7 Å². The van der Waals surface area contributed by atoms with Crippen LogP contribution in [0.2, 0.25) is 0 Å². The second kappa shape index (κ2) is 12.3. The van der Waals surface area contributed by atoms with E-state index in [0.29, 0.717) is 0 Å². The second-order valence-corrected chi connectivity index (χ2v) is 10.2. The van der Waals surface area contributed by atoms with E-state index in [-0.39, 0.29) is 11.3 Å². The van der Waals surface area contributed by atoms with Crippen LogP contribution in [0.4, 0.5) is 0 Å². The van der Waals surface area contributed by atoms with Crippen molar-refractivity contribution in [1.29, 1.82) is 0 Å². The predicted octanol–water partition coefficient (Wildman–Crippen LogP) is -2.71. The van der Waals surface area contributed by atoms with Gasteiger partial charge < -0.3 is 79.5 Å². The second-order valence-electron chi connectivity index (χ2n) is 10.2. The number of benzene rings is 2. The number of hydrogen-bond donors (Lipinski definition) is 11. The van der Waals surface area contributed by atoms with E-state index in [0.717, 1.165) is 24.3 Å². The lowest BCUT2D eigenvalue weighted by Crippen LogP contribution is -2.65. The number of aliphatic hydroxyl groups is 7. The van der Waals surface area contributed by atoms with E-state index < -0.39 is 120 Å². The first-order chi connectivity index (χ1) is 20.9. The maximum absolute atomic E-state index is 12.9. The third kappa shape index (κ3) is 5.61. The number of fused-ring (bicyclic) bond motifs is 1. The van der Waals surface area contributed by atoms with Crippen LogP contribution in [0.15, 0.2) is 39.5 Å². The summed E-state index contributed by atoms with van der Waals surface area (Å²) in [5, 5.41) is 112. The first kappa shape index (κ1) is 31.7. The highest BCUT2D eigenvalue weighted by atomic mass is 16.8. The fraction of sp³-hybridized carbons (Fsp3) is 0.444. The minimum Gasteiger partial charge on any atom is -0.507 e. The SMILES string of the molecule is O=c1cc(-c2ccc(O)c(O)c2)oc2c(O)c(O[C@@H]3O[C@H](CO)[C@@H](O)[C@H](O)[C@H]3O[C@@H]3O[C@H](CO)[C@@H](O)[C@H](O)[C@@H]3O)cc(O)c12. The Morgan fingerprint density at radius 2 is 1.34 bits per heavy atom. The molecule has 240 valence electrons. The summed E-state index contributed by atoms with van der Waals surface area (Å²) >= 11 is 0. The molecule has 0 spiro atoms. The summed E-state index contributed by atoms with van der Waals surface area (Å²) in [6.45, 7) is -1.64. The molecule has 2 fully saturated rings. The average Bonchev–Trinajstić information content (AvgIpc) is 3.00. The van der Waals surface area contributed by atoms with Gasteiger partial charge in [0.15, 0.2) is 40.7 Å². The van der Waals surface area contributed by atoms with Crippen LogP contribution in [-0.2, 0) is 14.2 Å². The van der Waals surface area contributed by atoms with Gasteiger partial charge in [-0.15, -0.1) is 0 Å². The van der Waals surface area contributed by atoms with Crippen molar-refractivity contribution in [2.45, 2.75) is 61.4 Å². The van der Waals surface area contributed by atoms with Crippen LogP contribution < -0.4 is 10.2 Å². The van der Waals surface area contributed by atoms with Crippen molar-refractivity contribution in [2.75, 3.05) is 13.2 Å². The molecule has 5 rings (SSSR count). The lowest BCUT2D eigenvalue weighted by atomic mass is 9.97. The molecule has 2 aromatic carbocycles. The molecule has 2 aliphatic heterocycles. The Morgan fingerprint density at radius 1 is 0.705 bits per heavy atom. The van der Waals surface area contributed by atoms with Crippen molar-refractivity contribution in [1.82, 2.24) is 0 Å². The summed E-state index contributed by atoms with van der Waals surface area (Å²) in [7, 11) is 0. The van der Waals surface area contributed by atoms with E-state index in [2.05, 4.69) is 0 Å². The van der Waals surface area contributed by atoms with Gasteiger partial charge >= 0.3 is 0 Å². The highest BCUT2D eigenvalue weighted by Crippen LogP contribution is 2.42. The maximum Gasteiger partial charge on any atom is 0.229 e. The molecule has 0 radical (unpaired) electrons. The first-order valence-electron chi connectivity index (χ1n) is 13.2. The largest absolute Gasteiger partial charge is 0.507 e. The van der Waals surface area contributed by atoms with Gasteiger partial charge in [0.25, 0.3) is 0 Å². The zero-order valence-electron chi connectivity index (χ0n) is 22.4. The third-order valence-electron chi connectivity index (χ3n) is 7.39. The molecule has 3 aromatic rings. The van der Waals surface area contributed by atoms with Crippen LogP contribution in [0.1, 0.15) is 0 Å². The predicted molar refractivity (Wildman–Crippen MR) is 142 cm³/mol. The molecule has 10 atom stereocenters. The lowest BCUT2D eigenvalue weighted by Gasteiger charge is -2.45. The number of ether oxygens (including phenoxy) is 4. The van der Waals surface area contributed by atoms with Gasteiger partial charge in [-0.1, -0.05) is 0 Å². The molecule has 17 heteroatoms. The molecular formula is C27H30O17. The van der Waals surface area contributed by atoms with Gasteiger partial charge in [-0.3, -0.25) is 4.79 Å². The van der Waals surface area contributed by atoms with Crippen molar-refractivity contribution >= 4 is 11.0 Å². The highest BCUT2D eigenvalue weighted by Gasteiger charge is 2.51. The van der Waals surface area contributed by atoms with Gasteiger partial charge in [-0.05, 0) is 18.2 Å². The van der Waals surface area contributed by atoms with Crippen LogP contribution in [0.25, 0.3) is 22.3 Å². The Bertz CT molecular complexity index is 1560. The summed E-state index contributed by atoms with van der Waals surface area (Å²) < 4.78 is 27.7. The van der Waals surface area contributed by atoms with E-state index >= 15 is 0 Å². The lowest BCUT2D eigenvalue weighted by molar-refractivity contribution is -0.358. The molecule has 0 saturated carbocycles. The van der Waals surface area contributed by atoms with E-state index in [4.69, 9.17) is 23.4 Å². The van der Waals surface area contributed by atoms with Crippen LogP contribution in [0.3, 0.4) is 0 Å². The quantitative estimate of drug-likeness (QED) is 0.0938. The zero-order valence-corrected chi connectivity index (χ0v) is 22.4. The van der Waals surface area contributed by atoms with E-state index in [9.17, 15) is 61.0 Å². The van der Waals surface area contributed by atoms with Crippen molar-refractivity contribution < 1.29 is 79.5 Å². The number of phenols is 4. The van der Waals surface area contributed by atoms with Gasteiger partial charge in [-0.2, -0.15) is 0 Å². The summed E-state index contributed by atoms with van der Waals surface area (Å²) in [6, 6.07) is 5.27. The summed E-state index contributed by atoms with van der Waals surface area (Å²) in [4.78, 5) is 12.9. The minimum absolute atomic E-state index is 0.107. The monoisotopic (exact) mass is 626 g/mol. The zero-order chi connectivity index (χ0) is 32.0. The van der Waals surface area contributed by atoms with Crippen molar-refractivity contribution in [3.63, 3.8) is 0 Å². The van der Waals surface area contributed by atoms with Gasteiger partial charge in [0.1, 0.15) is 59.6 Å². The Balaban J connectivity index is 1.52. The topological polar surface area (TPSA) is 290 Å². The summed E-state index contributed by atoms with van der Waals surface area (Å²) in [6.07, 6.45) is -17.6. The number of rotatable bonds is 7. The molecule has 0 aliphatic carbocycles. The third-order valence-corrected chi connectivity index (χ3v) is 7.39. The van der Waals surface area contributed by atoms with E-state index in [1.807, 2.05) is 0 Å². The molecule has 0 unspecified atom stereocenters. The van der Waals surface area contributed by atoms with Crippen LogP contribution in [-0.4, -0.2) is 131 Å². The van der Waals surface area contributed by atoms with Gasteiger partial charge in [-0.25, -0.2) is 0 Å². The van der Waals surface area contributed by atoms with E-state index in [1.165, 1.54) is 6.07 Å². The summed E-state index contributed by atoms with van der Waals surface area (Å²) in [5.74, 6) is -3.39. The molecule has 0 bridgehead atoms. The van der Waals surface area contributed by atoms with Crippen LogP contribution in [0.5, 0.6) is 28.7 Å². The van der Waals surface area contributed by atoms with Crippen molar-refractivity contribution in [3.05, 3.63) is 40.6 Å². The maximum atomic E-state index is 12.9.